The Hall–Kier alpha value is -1.31. The highest BCUT2D eigenvalue weighted by molar-refractivity contribution is 5.77. The molecule has 1 aliphatic heterocycles. The highest BCUT2D eigenvalue weighted by Gasteiger charge is 2.58. The molecule has 2 heteroatoms. The minimum Gasteiger partial charge on any atom is -0.343 e. The van der Waals surface area contributed by atoms with Crippen LogP contribution in [0.25, 0.3) is 0 Å². The lowest BCUT2D eigenvalue weighted by Gasteiger charge is -2.62. The van der Waals surface area contributed by atoms with Crippen molar-refractivity contribution in [3.63, 3.8) is 0 Å². The van der Waals surface area contributed by atoms with Crippen LogP contribution in [-0.2, 0) is 10.2 Å². The molecule has 0 radical (unpaired) electrons. The number of benzene rings is 1. The van der Waals surface area contributed by atoms with Gasteiger partial charge in [0.15, 0.2) is 0 Å². The van der Waals surface area contributed by atoms with Gasteiger partial charge in [-0.05, 0) is 79.6 Å². The molecule has 128 valence electrons. The summed E-state index contributed by atoms with van der Waals surface area (Å²) in [6, 6.07) is 11.2. The molecular weight excluding hydrogens is 294 g/mol. The Morgan fingerprint density at radius 3 is 2.33 bits per heavy atom. The van der Waals surface area contributed by atoms with Gasteiger partial charge in [-0.15, -0.1) is 0 Å². The van der Waals surface area contributed by atoms with E-state index in [1.165, 1.54) is 51.4 Å². The van der Waals surface area contributed by atoms with E-state index in [1.54, 1.807) is 5.56 Å². The molecule has 1 amide bonds. The number of hydrogen-bond acceptors (Lipinski definition) is 1. The van der Waals surface area contributed by atoms with Gasteiger partial charge in [0.25, 0.3) is 0 Å². The van der Waals surface area contributed by atoms with Crippen LogP contribution in [0.2, 0.25) is 0 Å². The number of amides is 1. The first-order valence-corrected chi connectivity index (χ1v) is 10.00. The van der Waals surface area contributed by atoms with Crippen LogP contribution in [-0.4, -0.2) is 23.9 Å². The minimum atomic E-state index is 0.305. The Balaban J connectivity index is 1.44. The summed E-state index contributed by atoms with van der Waals surface area (Å²) in [4.78, 5) is 15.0. The predicted octanol–water partition coefficient (Wildman–Crippen LogP) is 4.54. The van der Waals surface area contributed by atoms with E-state index in [1.807, 2.05) is 0 Å². The fraction of sp³-hybridized carbons (Fsp3) is 0.682. The summed E-state index contributed by atoms with van der Waals surface area (Å²) in [5.41, 5.74) is 2.23. The summed E-state index contributed by atoms with van der Waals surface area (Å²) in [5.74, 6) is 2.17. The molecule has 6 rings (SSSR count). The molecule has 0 aromatic heterocycles. The maximum atomic E-state index is 12.9. The topological polar surface area (TPSA) is 20.3 Å². The molecule has 0 spiro atoms. The van der Waals surface area contributed by atoms with Crippen molar-refractivity contribution in [3.8, 4) is 0 Å². The van der Waals surface area contributed by atoms with Gasteiger partial charge in [0, 0.05) is 19.5 Å². The second-order valence-electron chi connectivity index (χ2n) is 9.37. The fourth-order valence-electron chi connectivity index (χ4n) is 7.19. The first-order chi connectivity index (χ1) is 11.7. The van der Waals surface area contributed by atoms with Gasteiger partial charge in [0.1, 0.15) is 0 Å². The zero-order chi connectivity index (χ0) is 16.2. The standard InChI is InChI=1S/C22H29NO/c24-20(23-8-4-5-9-23)15-21-11-17-10-18(12-21)14-22(13-17,16-21)19-6-2-1-3-7-19/h1-3,6-7,17-18H,4-5,8-16H2/t17-,18-,21?,22?/m1/s1. The van der Waals surface area contributed by atoms with E-state index in [2.05, 4.69) is 35.2 Å². The van der Waals surface area contributed by atoms with Gasteiger partial charge in [-0.25, -0.2) is 0 Å². The molecule has 5 aliphatic rings. The van der Waals surface area contributed by atoms with Crippen molar-refractivity contribution in [2.45, 2.75) is 63.2 Å². The zero-order valence-corrected chi connectivity index (χ0v) is 14.7. The molecule has 0 unspecified atom stereocenters. The van der Waals surface area contributed by atoms with E-state index in [0.717, 1.165) is 31.3 Å². The lowest BCUT2D eigenvalue weighted by atomic mass is 9.42. The largest absolute Gasteiger partial charge is 0.343 e. The summed E-state index contributed by atoms with van der Waals surface area (Å²) in [5, 5.41) is 0. The van der Waals surface area contributed by atoms with Crippen LogP contribution in [0.15, 0.2) is 30.3 Å². The van der Waals surface area contributed by atoms with Gasteiger partial charge in [-0.3, -0.25) is 4.79 Å². The molecule has 1 heterocycles. The molecule has 4 saturated carbocycles. The molecule has 5 fully saturated rings. The van der Waals surface area contributed by atoms with Crippen molar-refractivity contribution < 1.29 is 4.79 Å². The van der Waals surface area contributed by atoms with Crippen LogP contribution in [0, 0.1) is 17.3 Å². The fourth-order valence-corrected chi connectivity index (χ4v) is 7.19. The normalized spacial score (nSPS) is 40.2. The average Bonchev–Trinajstić information content (AvgIpc) is 3.09. The second kappa shape index (κ2) is 5.34. The second-order valence-corrected chi connectivity index (χ2v) is 9.37. The van der Waals surface area contributed by atoms with Gasteiger partial charge in [-0.1, -0.05) is 30.3 Å². The Morgan fingerprint density at radius 1 is 1.00 bits per heavy atom. The molecule has 2 atom stereocenters. The number of nitrogens with zero attached hydrogens (tertiary/aromatic N) is 1. The first kappa shape index (κ1) is 15.0. The van der Waals surface area contributed by atoms with E-state index in [4.69, 9.17) is 0 Å². The lowest BCUT2D eigenvalue weighted by molar-refractivity contribution is -0.140. The van der Waals surface area contributed by atoms with Crippen molar-refractivity contribution in [1.29, 1.82) is 0 Å². The Labute approximate surface area is 145 Å². The SMILES string of the molecule is O=C(CC12C[C@H]3C[C@H](C1)CC(c1ccccc1)(C3)C2)N1CCCC1. The minimum absolute atomic E-state index is 0.305. The monoisotopic (exact) mass is 323 g/mol. The lowest BCUT2D eigenvalue weighted by Crippen LogP contribution is -2.55. The molecule has 2 nitrogen and oxygen atoms in total. The third kappa shape index (κ3) is 2.33. The molecular formula is C22H29NO. The summed E-state index contributed by atoms with van der Waals surface area (Å²) in [6.45, 7) is 2.01. The zero-order valence-electron chi connectivity index (χ0n) is 14.7. The Morgan fingerprint density at radius 2 is 1.67 bits per heavy atom. The third-order valence-corrected chi connectivity index (χ3v) is 7.55. The van der Waals surface area contributed by atoms with Crippen molar-refractivity contribution in [1.82, 2.24) is 4.90 Å². The van der Waals surface area contributed by atoms with Crippen LogP contribution in [0.3, 0.4) is 0 Å². The van der Waals surface area contributed by atoms with Crippen molar-refractivity contribution in [3.05, 3.63) is 35.9 Å². The van der Waals surface area contributed by atoms with Crippen molar-refractivity contribution in [2.75, 3.05) is 13.1 Å². The average molecular weight is 323 g/mol. The third-order valence-electron chi connectivity index (χ3n) is 7.55. The Kier molecular flexibility index (Phi) is 3.34. The van der Waals surface area contributed by atoms with E-state index < -0.39 is 0 Å². The van der Waals surface area contributed by atoms with E-state index >= 15 is 0 Å². The number of likely N-dealkylation sites (tertiary alicyclic amines) is 1. The highest BCUT2D eigenvalue weighted by Crippen LogP contribution is 2.66. The first-order valence-electron chi connectivity index (χ1n) is 10.00. The molecule has 1 aromatic rings. The van der Waals surface area contributed by atoms with Gasteiger partial charge in [0.2, 0.25) is 5.91 Å². The molecule has 24 heavy (non-hydrogen) atoms. The predicted molar refractivity (Wildman–Crippen MR) is 95.7 cm³/mol. The van der Waals surface area contributed by atoms with E-state index in [9.17, 15) is 4.79 Å². The number of carbonyl (C=O) groups is 1. The number of rotatable bonds is 3. The highest BCUT2D eigenvalue weighted by atomic mass is 16.2. The maximum Gasteiger partial charge on any atom is 0.223 e. The molecule has 1 saturated heterocycles. The number of carbonyl (C=O) groups excluding carboxylic acids is 1. The van der Waals surface area contributed by atoms with Gasteiger partial charge in [0.05, 0.1) is 0 Å². The molecule has 4 bridgehead atoms. The van der Waals surface area contributed by atoms with Gasteiger partial charge in [-0.2, -0.15) is 0 Å². The summed E-state index contributed by atoms with van der Waals surface area (Å²) >= 11 is 0. The Bertz CT molecular complexity index is 617. The van der Waals surface area contributed by atoms with Gasteiger partial charge >= 0.3 is 0 Å². The van der Waals surface area contributed by atoms with Crippen LogP contribution >= 0.6 is 0 Å². The quantitative estimate of drug-likeness (QED) is 0.800. The van der Waals surface area contributed by atoms with Crippen molar-refractivity contribution in [2.24, 2.45) is 17.3 Å². The smallest absolute Gasteiger partial charge is 0.223 e. The van der Waals surface area contributed by atoms with Crippen LogP contribution in [0.4, 0.5) is 0 Å². The summed E-state index contributed by atoms with van der Waals surface area (Å²) in [7, 11) is 0. The molecule has 1 aromatic carbocycles. The maximum absolute atomic E-state index is 12.9. The molecule has 0 N–H and O–H groups in total. The molecule has 4 aliphatic carbocycles. The van der Waals surface area contributed by atoms with Gasteiger partial charge < -0.3 is 4.90 Å². The summed E-state index contributed by atoms with van der Waals surface area (Å²) in [6.07, 6.45) is 11.3. The summed E-state index contributed by atoms with van der Waals surface area (Å²) < 4.78 is 0. The van der Waals surface area contributed by atoms with Crippen molar-refractivity contribution >= 4 is 5.91 Å². The van der Waals surface area contributed by atoms with E-state index in [-0.39, 0.29) is 0 Å². The van der Waals surface area contributed by atoms with Crippen LogP contribution in [0.5, 0.6) is 0 Å². The van der Waals surface area contributed by atoms with Crippen LogP contribution < -0.4 is 0 Å². The number of hydrogen-bond donors (Lipinski definition) is 0. The van der Waals surface area contributed by atoms with Crippen LogP contribution in [0.1, 0.15) is 63.4 Å². The van der Waals surface area contributed by atoms with E-state index in [0.29, 0.717) is 16.7 Å².